The van der Waals surface area contributed by atoms with Crippen LogP contribution in [0.25, 0.3) is 0 Å². The molecule has 6 N–H and O–H groups in total. The Balaban J connectivity index is 0.000000200. The molecular weight excluding hydrogens is 384 g/mol. The molecule has 0 spiro atoms. The van der Waals surface area contributed by atoms with E-state index in [1.54, 1.807) is 66.7 Å². The van der Waals surface area contributed by atoms with E-state index in [0.29, 0.717) is 11.5 Å². The Hall–Kier alpha value is -4.32. The normalized spacial score (nSPS) is 8.80. The first kappa shape index (κ1) is 23.7. The summed E-state index contributed by atoms with van der Waals surface area (Å²) < 4.78 is 0. The van der Waals surface area contributed by atoms with Crippen LogP contribution >= 0.6 is 0 Å². The van der Waals surface area contributed by atoms with Gasteiger partial charge in [0.25, 0.3) is 0 Å². The second kappa shape index (κ2) is 13.8. The Labute approximate surface area is 174 Å². The lowest BCUT2D eigenvalue weighted by Gasteiger charge is -1.91. The Bertz CT molecular complexity index is 883. The van der Waals surface area contributed by atoms with Crippen LogP contribution in [0.15, 0.2) is 109 Å². The summed E-state index contributed by atoms with van der Waals surface area (Å²) in [6.45, 7) is 0. The third-order valence-corrected chi connectivity index (χ3v) is 3.22. The molecule has 0 fully saturated rings. The largest absolute Gasteiger partial charge is 0.508 e. The van der Waals surface area contributed by atoms with Gasteiger partial charge in [0, 0.05) is 6.07 Å². The maximum atomic E-state index is 8.67. The third-order valence-electron chi connectivity index (χ3n) is 3.22. The van der Waals surface area contributed by atoms with Crippen molar-refractivity contribution in [2.24, 2.45) is 0 Å². The summed E-state index contributed by atoms with van der Waals surface area (Å²) in [5, 5.41) is 51.9. The maximum absolute atomic E-state index is 8.67. The molecule has 0 aromatic heterocycles. The second-order valence-electron chi connectivity index (χ2n) is 5.68. The van der Waals surface area contributed by atoms with Gasteiger partial charge in [0.2, 0.25) is 0 Å². The molecule has 0 bridgehead atoms. The molecule has 0 aliphatic carbocycles. The number of aromatic hydroxyl groups is 6. The molecule has 0 amide bonds. The van der Waals surface area contributed by atoms with Crippen molar-refractivity contribution < 1.29 is 30.6 Å². The Kier molecular flexibility index (Phi) is 10.9. The number of phenolic OH excluding ortho intramolecular Hbond substituents is 6. The van der Waals surface area contributed by atoms with Crippen molar-refractivity contribution in [1.29, 1.82) is 0 Å². The van der Waals surface area contributed by atoms with Crippen LogP contribution in [0.5, 0.6) is 34.5 Å². The van der Waals surface area contributed by atoms with Crippen molar-refractivity contribution in [3.05, 3.63) is 109 Å². The standard InChI is InChI=1S/2C6H6O2.2C6H6O/c7-5-2-1-3-6(8)4-5;7-5-3-1-2-4-6(5)8;2*7-6-4-2-1-3-5-6/h2*1-4,7-8H;2*1-5,7H. The zero-order valence-corrected chi connectivity index (χ0v) is 16.1. The van der Waals surface area contributed by atoms with E-state index in [1.165, 1.54) is 30.3 Å². The molecule has 0 unspecified atom stereocenters. The highest BCUT2D eigenvalue weighted by molar-refractivity contribution is 5.36. The Morgan fingerprint density at radius 3 is 0.800 bits per heavy atom. The first-order chi connectivity index (χ1) is 14.4. The quantitative estimate of drug-likeness (QED) is 0.228. The zero-order chi connectivity index (χ0) is 22.2. The van der Waals surface area contributed by atoms with Crippen LogP contribution in [0.2, 0.25) is 0 Å². The number of phenols is 6. The average molecular weight is 408 g/mol. The topological polar surface area (TPSA) is 121 Å². The van der Waals surface area contributed by atoms with Crippen molar-refractivity contribution >= 4 is 0 Å². The predicted molar refractivity (Wildman–Crippen MR) is 116 cm³/mol. The van der Waals surface area contributed by atoms with Gasteiger partial charge >= 0.3 is 0 Å². The number of rotatable bonds is 0. The first-order valence-electron chi connectivity index (χ1n) is 8.81. The molecule has 0 heterocycles. The van der Waals surface area contributed by atoms with Gasteiger partial charge in [-0.2, -0.15) is 0 Å². The number of benzene rings is 4. The molecule has 6 heteroatoms. The molecule has 0 aliphatic heterocycles. The van der Waals surface area contributed by atoms with Crippen molar-refractivity contribution in [2.45, 2.75) is 0 Å². The minimum Gasteiger partial charge on any atom is -0.508 e. The predicted octanol–water partition coefficient (Wildman–Crippen LogP) is 4.98. The van der Waals surface area contributed by atoms with Gasteiger partial charge in [-0.3, -0.25) is 0 Å². The van der Waals surface area contributed by atoms with Crippen LogP contribution in [0.4, 0.5) is 0 Å². The summed E-state index contributed by atoms with van der Waals surface area (Å²) in [6, 6.07) is 29.4. The molecular formula is C24H24O6. The van der Waals surface area contributed by atoms with Crippen LogP contribution in [-0.4, -0.2) is 30.6 Å². The van der Waals surface area contributed by atoms with E-state index >= 15 is 0 Å². The highest BCUT2D eigenvalue weighted by Crippen LogP contribution is 2.21. The van der Waals surface area contributed by atoms with E-state index < -0.39 is 0 Å². The molecule has 0 saturated heterocycles. The van der Waals surface area contributed by atoms with Gasteiger partial charge in [-0.25, -0.2) is 0 Å². The smallest absolute Gasteiger partial charge is 0.157 e. The van der Waals surface area contributed by atoms with E-state index in [-0.39, 0.29) is 23.0 Å². The number of hydrogen-bond acceptors (Lipinski definition) is 6. The van der Waals surface area contributed by atoms with Crippen LogP contribution in [-0.2, 0) is 0 Å². The number of hydrogen-bond donors (Lipinski definition) is 6. The van der Waals surface area contributed by atoms with E-state index in [4.69, 9.17) is 30.6 Å². The van der Waals surface area contributed by atoms with Gasteiger partial charge < -0.3 is 30.6 Å². The lowest BCUT2D eigenvalue weighted by Crippen LogP contribution is -1.63. The fourth-order valence-corrected chi connectivity index (χ4v) is 1.81. The second-order valence-corrected chi connectivity index (χ2v) is 5.68. The van der Waals surface area contributed by atoms with Gasteiger partial charge in [-0.1, -0.05) is 54.6 Å². The van der Waals surface area contributed by atoms with Crippen molar-refractivity contribution in [3.63, 3.8) is 0 Å². The fraction of sp³-hybridized carbons (Fsp3) is 0. The monoisotopic (exact) mass is 408 g/mol. The van der Waals surface area contributed by atoms with Gasteiger partial charge in [-0.05, 0) is 48.5 Å². The summed E-state index contributed by atoms with van der Waals surface area (Å²) in [5.41, 5.74) is 0. The molecule has 30 heavy (non-hydrogen) atoms. The molecule has 156 valence electrons. The molecule has 0 atom stereocenters. The van der Waals surface area contributed by atoms with Crippen LogP contribution < -0.4 is 0 Å². The molecule has 4 aromatic rings. The summed E-state index contributed by atoms with van der Waals surface area (Å²) in [6.07, 6.45) is 0. The summed E-state index contributed by atoms with van der Waals surface area (Å²) in [7, 11) is 0. The lowest BCUT2D eigenvalue weighted by molar-refractivity contribution is 0.404. The van der Waals surface area contributed by atoms with Crippen molar-refractivity contribution in [1.82, 2.24) is 0 Å². The summed E-state index contributed by atoms with van der Waals surface area (Å²) in [5.74, 6) is 0.667. The van der Waals surface area contributed by atoms with Crippen LogP contribution in [0.1, 0.15) is 0 Å². The molecule has 0 saturated carbocycles. The minimum absolute atomic E-state index is 0.0764. The van der Waals surface area contributed by atoms with E-state index in [2.05, 4.69) is 0 Å². The van der Waals surface area contributed by atoms with Crippen molar-refractivity contribution in [3.8, 4) is 34.5 Å². The fourth-order valence-electron chi connectivity index (χ4n) is 1.81. The summed E-state index contributed by atoms with van der Waals surface area (Å²) in [4.78, 5) is 0. The van der Waals surface area contributed by atoms with Gasteiger partial charge in [-0.15, -0.1) is 0 Å². The van der Waals surface area contributed by atoms with E-state index in [1.807, 2.05) is 12.1 Å². The van der Waals surface area contributed by atoms with Gasteiger partial charge in [0.1, 0.15) is 23.0 Å². The first-order valence-corrected chi connectivity index (χ1v) is 8.81. The molecule has 4 rings (SSSR count). The minimum atomic E-state index is -0.0764. The van der Waals surface area contributed by atoms with E-state index in [9.17, 15) is 0 Å². The number of para-hydroxylation sites is 4. The Morgan fingerprint density at radius 2 is 0.600 bits per heavy atom. The Morgan fingerprint density at radius 1 is 0.300 bits per heavy atom. The highest BCUT2D eigenvalue weighted by Gasteiger charge is 1.90. The van der Waals surface area contributed by atoms with Crippen LogP contribution in [0.3, 0.4) is 0 Å². The molecule has 6 nitrogen and oxygen atoms in total. The lowest BCUT2D eigenvalue weighted by atomic mass is 10.3. The SMILES string of the molecule is Oc1cccc(O)c1.Oc1ccccc1.Oc1ccccc1.Oc1ccccc1O. The van der Waals surface area contributed by atoms with Crippen molar-refractivity contribution in [2.75, 3.05) is 0 Å². The average Bonchev–Trinajstić information content (AvgIpc) is 2.73. The summed E-state index contributed by atoms with van der Waals surface area (Å²) >= 11 is 0. The highest BCUT2D eigenvalue weighted by atomic mass is 16.3. The van der Waals surface area contributed by atoms with E-state index in [0.717, 1.165) is 0 Å². The molecule has 0 aliphatic rings. The molecule has 0 radical (unpaired) electrons. The maximum Gasteiger partial charge on any atom is 0.157 e. The van der Waals surface area contributed by atoms with Gasteiger partial charge in [0.05, 0.1) is 0 Å². The third kappa shape index (κ3) is 11.4. The molecule has 4 aromatic carbocycles. The van der Waals surface area contributed by atoms with Crippen LogP contribution in [0, 0.1) is 0 Å². The van der Waals surface area contributed by atoms with Gasteiger partial charge in [0.15, 0.2) is 11.5 Å². The zero-order valence-electron chi connectivity index (χ0n) is 16.1.